The second-order valence-corrected chi connectivity index (χ2v) is 7.61. The van der Waals surface area contributed by atoms with E-state index in [1.54, 1.807) is 60.7 Å². The number of benzene rings is 3. The summed E-state index contributed by atoms with van der Waals surface area (Å²) in [6, 6.07) is 20.8. The van der Waals surface area contributed by atoms with E-state index in [1.165, 1.54) is 18.2 Å². The molecule has 34 heavy (non-hydrogen) atoms. The van der Waals surface area contributed by atoms with E-state index < -0.39 is 17.8 Å². The monoisotopic (exact) mass is 475 g/mol. The van der Waals surface area contributed by atoms with Gasteiger partial charge in [-0.15, -0.1) is 0 Å². The standard InChI is InChI=1S/C25H18ClN3O5/c26-17-8-6-11-19(14-17)29-24(32)20(23(31)28-25(29)33)13-16-7-4-5-12-21(16)34-15-22(30)27-18-9-2-1-3-10-18/h1-14H,15H2,(H,27,30)(H,28,31,33)/b20-13+. The number of nitrogens with one attached hydrogen (secondary N) is 2. The molecule has 0 unspecified atom stereocenters. The SMILES string of the molecule is O=C(COc1ccccc1/C=C1\C(=O)NC(=O)N(c2cccc(Cl)c2)C1=O)Nc1ccccc1. The van der Waals surface area contributed by atoms with E-state index in [0.717, 1.165) is 4.90 Å². The van der Waals surface area contributed by atoms with Crippen LogP contribution in [0.3, 0.4) is 0 Å². The number of ether oxygens (including phenoxy) is 1. The van der Waals surface area contributed by atoms with E-state index >= 15 is 0 Å². The number of imide groups is 2. The number of hydrogen-bond donors (Lipinski definition) is 2. The molecule has 0 saturated carbocycles. The van der Waals surface area contributed by atoms with Gasteiger partial charge in [-0.25, -0.2) is 9.69 Å². The molecule has 1 saturated heterocycles. The van der Waals surface area contributed by atoms with Gasteiger partial charge in [0.15, 0.2) is 6.61 Å². The Morgan fingerprint density at radius 3 is 2.47 bits per heavy atom. The fourth-order valence-electron chi connectivity index (χ4n) is 3.26. The number of hydrogen-bond acceptors (Lipinski definition) is 5. The van der Waals surface area contributed by atoms with Crippen molar-refractivity contribution in [3.63, 3.8) is 0 Å². The van der Waals surface area contributed by atoms with Gasteiger partial charge in [0, 0.05) is 16.3 Å². The highest BCUT2D eigenvalue weighted by Gasteiger charge is 2.37. The summed E-state index contributed by atoms with van der Waals surface area (Å²) in [5, 5.41) is 5.19. The Morgan fingerprint density at radius 2 is 1.71 bits per heavy atom. The molecule has 8 nitrogen and oxygen atoms in total. The number of carbonyl (C=O) groups is 4. The van der Waals surface area contributed by atoms with E-state index in [1.807, 2.05) is 6.07 Å². The van der Waals surface area contributed by atoms with Crippen LogP contribution in [-0.4, -0.2) is 30.4 Å². The highest BCUT2D eigenvalue weighted by Crippen LogP contribution is 2.26. The number of urea groups is 1. The fraction of sp³-hybridized carbons (Fsp3) is 0.0400. The van der Waals surface area contributed by atoms with E-state index in [0.29, 0.717) is 16.3 Å². The summed E-state index contributed by atoms with van der Waals surface area (Å²) < 4.78 is 5.63. The summed E-state index contributed by atoms with van der Waals surface area (Å²) in [5.41, 5.74) is 0.954. The normalized spacial score (nSPS) is 14.7. The molecule has 2 N–H and O–H groups in total. The maximum Gasteiger partial charge on any atom is 0.335 e. The number of para-hydroxylation sites is 2. The molecular formula is C25H18ClN3O5. The molecule has 0 radical (unpaired) electrons. The molecule has 1 fully saturated rings. The minimum absolute atomic E-state index is 0.218. The van der Waals surface area contributed by atoms with Gasteiger partial charge in [-0.1, -0.05) is 54.1 Å². The molecule has 3 aromatic rings. The Bertz CT molecular complexity index is 1310. The number of carbonyl (C=O) groups excluding carboxylic acids is 4. The van der Waals surface area contributed by atoms with Crippen molar-refractivity contribution in [3.05, 3.63) is 95.0 Å². The lowest BCUT2D eigenvalue weighted by molar-refractivity contribution is -0.122. The minimum atomic E-state index is -0.878. The molecule has 1 heterocycles. The first-order chi connectivity index (χ1) is 16.4. The highest BCUT2D eigenvalue weighted by molar-refractivity contribution is 6.39. The Morgan fingerprint density at radius 1 is 0.971 bits per heavy atom. The fourth-order valence-corrected chi connectivity index (χ4v) is 3.44. The molecule has 0 atom stereocenters. The second kappa shape index (κ2) is 10.0. The third-order valence-corrected chi connectivity index (χ3v) is 5.04. The minimum Gasteiger partial charge on any atom is -0.483 e. The molecule has 0 bridgehead atoms. The van der Waals surface area contributed by atoms with Crippen molar-refractivity contribution >= 4 is 52.8 Å². The lowest BCUT2D eigenvalue weighted by Gasteiger charge is -2.26. The summed E-state index contributed by atoms with van der Waals surface area (Å²) in [7, 11) is 0. The van der Waals surface area contributed by atoms with Crippen LogP contribution in [0.25, 0.3) is 6.08 Å². The second-order valence-electron chi connectivity index (χ2n) is 7.18. The number of barbiturate groups is 1. The molecule has 9 heteroatoms. The molecule has 0 spiro atoms. The molecule has 1 aliphatic rings. The van der Waals surface area contributed by atoms with Crippen LogP contribution in [0.4, 0.5) is 16.2 Å². The van der Waals surface area contributed by atoms with Crippen molar-refractivity contribution in [2.45, 2.75) is 0 Å². The summed E-state index contributed by atoms with van der Waals surface area (Å²) in [6.07, 6.45) is 1.31. The number of amides is 5. The first-order valence-electron chi connectivity index (χ1n) is 10.2. The molecule has 0 aliphatic carbocycles. The molecule has 0 aromatic heterocycles. The topological polar surface area (TPSA) is 105 Å². The quantitative estimate of drug-likeness (QED) is 0.414. The molecule has 1 aliphatic heterocycles. The van der Waals surface area contributed by atoms with Crippen molar-refractivity contribution in [1.29, 1.82) is 0 Å². The Labute approximate surface area is 199 Å². The number of nitrogens with zero attached hydrogens (tertiary/aromatic N) is 1. The lowest BCUT2D eigenvalue weighted by Crippen LogP contribution is -2.54. The van der Waals surface area contributed by atoms with E-state index in [2.05, 4.69) is 10.6 Å². The predicted octanol–water partition coefficient (Wildman–Crippen LogP) is 4.02. The Balaban J connectivity index is 1.56. The Kier molecular flexibility index (Phi) is 6.70. The van der Waals surface area contributed by atoms with E-state index in [4.69, 9.17) is 16.3 Å². The van der Waals surface area contributed by atoms with Gasteiger partial charge in [-0.3, -0.25) is 19.7 Å². The van der Waals surface area contributed by atoms with Gasteiger partial charge in [0.1, 0.15) is 11.3 Å². The summed E-state index contributed by atoms with van der Waals surface area (Å²) in [6.45, 7) is -0.289. The number of rotatable bonds is 6. The van der Waals surface area contributed by atoms with Gasteiger partial charge in [-0.2, -0.15) is 0 Å². The van der Waals surface area contributed by atoms with Crippen molar-refractivity contribution in [3.8, 4) is 5.75 Å². The first kappa shape index (κ1) is 22.8. The summed E-state index contributed by atoms with van der Waals surface area (Å²) in [4.78, 5) is 50.9. The van der Waals surface area contributed by atoms with Crippen molar-refractivity contribution < 1.29 is 23.9 Å². The average molecular weight is 476 g/mol. The molecule has 170 valence electrons. The maximum absolute atomic E-state index is 13.1. The number of halogens is 1. The molecular weight excluding hydrogens is 458 g/mol. The summed E-state index contributed by atoms with van der Waals surface area (Å²) >= 11 is 5.99. The zero-order valence-corrected chi connectivity index (χ0v) is 18.4. The third-order valence-electron chi connectivity index (χ3n) is 4.80. The van der Waals surface area contributed by atoms with Gasteiger partial charge in [-0.05, 0) is 42.5 Å². The smallest absolute Gasteiger partial charge is 0.335 e. The van der Waals surface area contributed by atoms with Crippen LogP contribution in [0, 0.1) is 0 Å². The van der Waals surface area contributed by atoms with E-state index in [9.17, 15) is 19.2 Å². The predicted molar refractivity (Wildman–Crippen MR) is 127 cm³/mol. The van der Waals surface area contributed by atoms with Gasteiger partial charge < -0.3 is 10.1 Å². The number of anilines is 2. The van der Waals surface area contributed by atoms with Gasteiger partial charge >= 0.3 is 6.03 Å². The van der Waals surface area contributed by atoms with Crippen molar-refractivity contribution in [2.75, 3.05) is 16.8 Å². The van der Waals surface area contributed by atoms with Crippen LogP contribution in [0.15, 0.2) is 84.4 Å². The van der Waals surface area contributed by atoms with Crippen LogP contribution in [0.5, 0.6) is 5.75 Å². The summed E-state index contributed by atoms with van der Waals surface area (Å²) in [5.74, 6) is -1.75. The Hall–Kier alpha value is -4.43. The zero-order valence-electron chi connectivity index (χ0n) is 17.7. The average Bonchev–Trinajstić information content (AvgIpc) is 2.81. The lowest BCUT2D eigenvalue weighted by atomic mass is 10.1. The largest absolute Gasteiger partial charge is 0.483 e. The zero-order chi connectivity index (χ0) is 24.1. The van der Waals surface area contributed by atoms with E-state index in [-0.39, 0.29) is 29.5 Å². The van der Waals surface area contributed by atoms with Crippen molar-refractivity contribution in [1.82, 2.24) is 5.32 Å². The maximum atomic E-state index is 13.1. The molecule has 5 amide bonds. The van der Waals surface area contributed by atoms with Crippen LogP contribution >= 0.6 is 11.6 Å². The van der Waals surface area contributed by atoms with Crippen molar-refractivity contribution in [2.24, 2.45) is 0 Å². The van der Waals surface area contributed by atoms with Crippen LogP contribution in [0.1, 0.15) is 5.56 Å². The molecule has 4 rings (SSSR count). The van der Waals surface area contributed by atoms with Gasteiger partial charge in [0.2, 0.25) is 0 Å². The molecule has 3 aromatic carbocycles. The van der Waals surface area contributed by atoms with Gasteiger partial charge in [0.25, 0.3) is 17.7 Å². The first-order valence-corrected chi connectivity index (χ1v) is 10.5. The van der Waals surface area contributed by atoms with Crippen LogP contribution in [-0.2, 0) is 14.4 Å². The third kappa shape index (κ3) is 5.13. The van der Waals surface area contributed by atoms with Crippen LogP contribution in [0.2, 0.25) is 5.02 Å². The van der Waals surface area contributed by atoms with Gasteiger partial charge in [0.05, 0.1) is 5.69 Å². The highest BCUT2D eigenvalue weighted by atomic mass is 35.5. The van der Waals surface area contributed by atoms with Crippen LogP contribution < -0.4 is 20.3 Å².